The Morgan fingerprint density at radius 1 is 1.19 bits per heavy atom. The Morgan fingerprint density at radius 3 is 2.64 bits per heavy atom. The molecular formula is C26H19BrN4O4S. The first-order chi connectivity index (χ1) is 17.4. The highest BCUT2D eigenvalue weighted by atomic mass is 79.9. The predicted molar refractivity (Wildman–Crippen MR) is 139 cm³/mol. The highest BCUT2D eigenvalue weighted by Crippen LogP contribution is 2.38. The van der Waals surface area contributed by atoms with Gasteiger partial charge in [-0.25, -0.2) is 0 Å². The average Bonchev–Trinajstić information content (AvgIpc) is 3.23. The van der Waals surface area contributed by atoms with Crippen LogP contribution < -0.4 is 10.1 Å². The number of thiophene rings is 1. The van der Waals surface area contributed by atoms with Gasteiger partial charge >= 0.3 is 0 Å². The SMILES string of the molecule is N#C/C(=C\c1cc(Br)ccc1OCc1ccc([N+](=O)[O-])cc1)C(=O)Nc1sc2c(c1C#N)CCCC2. The van der Waals surface area contributed by atoms with E-state index >= 15 is 0 Å². The summed E-state index contributed by atoms with van der Waals surface area (Å²) in [6, 6.07) is 15.4. The van der Waals surface area contributed by atoms with Crippen molar-refractivity contribution in [3.8, 4) is 17.9 Å². The Morgan fingerprint density at radius 2 is 1.94 bits per heavy atom. The van der Waals surface area contributed by atoms with Gasteiger partial charge in [0.15, 0.2) is 0 Å². The number of carbonyl (C=O) groups excluding carboxylic acids is 1. The maximum atomic E-state index is 13.0. The lowest BCUT2D eigenvalue weighted by molar-refractivity contribution is -0.384. The number of hydrogen-bond donors (Lipinski definition) is 1. The van der Waals surface area contributed by atoms with Gasteiger partial charge in [-0.2, -0.15) is 10.5 Å². The molecular weight excluding hydrogens is 544 g/mol. The maximum Gasteiger partial charge on any atom is 0.269 e. The van der Waals surface area contributed by atoms with E-state index in [-0.39, 0.29) is 17.9 Å². The first-order valence-electron chi connectivity index (χ1n) is 11.0. The van der Waals surface area contributed by atoms with E-state index in [2.05, 4.69) is 27.3 Å². The Hall–Kier alpha value is -3.99. The molecule has 0 bridgehead atoms. The molecule has 1 N–H and O–H groups in total. The fourth-order valence-electron chi connectivity index (χ4n) is 3.89. The van der Waals surface area contributed by atoms with E-state index in [1.807, 2.05) is 6.07 Å². The summed E-state index contributed by atoms with van der Waals surface area (Å²) in [5.74, 6) is -0.171. The molecule has 4 rings (SSSR count). The van der Waals surface area contributed by atoms with E-state index in [9.17, 15) is 25.4 Å². The Balaban J connectivity index is 1.55. The molecule has 0 unspecified atom stereocenters. The topological polar surface area (TPSA) is 129 Å². The second kappa shape index (κ2) is 11.2. The number of amides is 1. The van der Waals surface area contributed by atoms with Crippen LogP contribution in [0.4, 0.5) is 10.7 Å². The zero-order valence-corrected chi connectivity index (χ0v) is 21.3. The number of nitrogens with zero attached hydrogens (tertiary/aromatic N) is 3. The molecule has 1 aromatic heterocycles. The second-order valence-corrected chi connectivity index (χ2v) is 10.1. The number of benzene rings is 2. The Labute approximate surface area is 219 Å². The van der Waals surface area contributed by atoms with Gasteiger partial charge in [0.1, 0.15) is 35.1 Å². The molecule has 2 aromatic carbocycles. The van der Waals surface area contributed by atoms with Gasteiger partial charge in [-0.05, 0) is 73.2 Å². The van der Waals surface area contributed by atoms with Gasteiger partial charge in [0, 0.05) is 27.0 Å². The molecule has 1 amide bonds. The van der Waals surface area contributed by atoms with Crippen LogP contribution in [0.25, 0.3) is 6.08 Å². The van der Waals surface area contributed by atoms with Crippen molar-refractivity contribution in [1.29, 1.82) is 10.5 Å². The van der Waals surface area contributed by atoms with E-state index in [1.54, 1.807) is 30.3 Å². The molecule has 0 atom stereocenters. The van der Waals surface area contributed by atoms with E-state index in [0.717, 1.165) is 46.2 Å². The van der Waals surface area contributed by atoms with Gasteiger partial charge in [0.05, 0.1) is 10.5 Å². The predicted octanol–water partition coefficient (Wildman–Crippen LogP) is 6.29. The minimum Gasteiger partial charge on any atom is -0.488 e. The van der Waals surface area contributed by atoms with Crippen LogP contribution in [-0.2, 0) is 24.2 Å². The van der Waals surface area contributed by atoms with Crippen molar-refractivity contribution in [3.05, 3.63) is 89.8 Å². The first-order valence-corrected chi connectivity index (χ1v) is 12.6. The Bertz CT molecular complexity index is 1450. The summed E-state index contributed by atoms with van der Waals surface area (Å²) in [7, 11) is 0. The van der Waals surface area contributed by atoms with Crippen molar-refractivity contribution in [1.82, 2.24) is 0 Å². The fraction of sp³-hybridized carbons (Fsp3) is 0.192. The number of fused-ring (bicyclic) bond motifs is 1. The van der Waals surface area contributed by atoms with Crippen molar-refractivity contribution in [3.63, 3.8) is 0 Å². The van der Waals surface area contributed by atoms with Gasteiger partial charge in [0.25, 0.3) is 11.6 Å². The molecule has 36 heavy (non-hydrogen) atoms. The van der Waals surface area contributed by atoms with E-state index in [0.29, 0.717) is 21.9 Å². The third kappa shape index (κ3) is 5.62. The maximum absolute atomic E-state index is 13.0. The largest absolute Gasteiger partial charge is 0.488 e. The lowest BCUT2D eigenvalue weighted by atomic mass is 9.96. The van der Waals surface area contributed by atoms with Crippen LogP contribution in [0.15, 0.2) is 52.5 Å². The molecule has 1 heterocycles. The summed E-state index contributed by atoms with van der Waals surface area (Å²) in [5, 5.41) is 33.4. The summed E-state index contributed by atoms with van der Waals surface area (Å²) in [6.45, 7) is 0.140. The summed E-state index contributed by atoms with van der Waals surface area (Å²) >= 11 is 4.80. The summed E-state index contributed by atoms with van der Waals surface area (Å²) < 4.78 is 6.62. The number of ether oxygens (including phenoxy) is 1. The minimum atomic E-state index is -0.603. The lowest BCUT2D eigenvalue weighted by Gasteiger charge is -2.11. The molecule has 10 heteroatoms. The molecule has 0 aliphatic heterocycles. The number of nitro groups is 1. The molecule has 0 radical (unpaired) electrons. The molecule has 1 aliphatic rings. The highest BCUT2D eigenvalue weighted by Gasteiger charge is 2.23. The average molecular weight is 563 g/mol. The number of nitrogens with one attached hydrogen (secondary N) is 1. The molecule has 0 fully saturated rings. The van der Waals surface area contributed by atoms with Crippen molar-refractivity contribution in [2.45, 2.75) is 32.3 Å². The molecule has 3 aromatic rings. The van der Waals surface area contributed by atoms with Gasteiger partial charge in [-0.1, -0.05) is 15.9 Å². The number of rotatable bonds is 7. The third-order valence-electron chi connectivity index (χ3n) is 5.69. The van der Waals surface area contributed by atoms with Crippen LogP contribution in [0.5, 0.6) is 5.75 Å². The van der Waals surface area contributed by atoms with Gasteiger partial charge < -0.3 is 10.1 Å². The minimum absolute atomic E-state index is 0.0122. The molecule has 0 saturated carbocycles. The number of halogens is 1. The number of hydrogen-bond acceptors (Lipinski definition) is 7. The van der Waals surface area contributed by atoms with Crippen molar-refractivity contribution in [2.75, 3.05) is 5.32 Å². The van der Waals surface area contributed by atoms with Gasteiger partial charge in [-0.3, -0.25) is 14.9 Å². The molecule has 0 saturated heterocycles. The smallest absolute Gasteiger partial charge is 0.269 e. The number of non-ortho nitro benzene ring substituents is 1. The number of nitriles is 2. The van der Waals surface area contributed by atoms with Gasteiger partial charge in [-0.15, -0.1) is 11.3 Å². The lowest BCUT2D eigenvalue weighted by Crippen LogP contribution is -2.13. The second-order valence-electron chi connectivity index (χ2n) is 8.05. The van der Waals surface area contributed by atoms with E-state index < -0.39 is 10.8 Å². The summed E-state index contributed by atoms with van der Waals surface area (Å²) in [5.41, 5.74) is 2.56. The van der Waals surface area contributed by atoms with Crippen molar-refractivity contribution >= 4 is 49.9 Å². The first kappa shape index (κ1) is 25.1. The fourth-order valence-corrected chi connectivity index (χ4v) is 5.50. The van der Waals surface area contributed by atoms with E-state index in [4.69, 9.17) is 4.74 Å². The summed E-state index contributed by atoms with van der Waals surface area (Å²) in [6.07, 6.45) is 5.21. The zero-order chi connectivity index (χ0) is 25.7. The number of anilines is 1. The number of nitro benzene ring substituents is 1. The number of carbonyl (C=O) groups is 1. The molecule has 1 aliphatic carbocycles. The Kier molecular flexibility index (Phi) is 7.79. The zero-order valence-electron chi connectivity index (χ0n) is 18.9. The van der Waals surface area contributed by atoms with Gasteiger partial charge in [0.2, 0.25) is 0 Å². The summed E-state index contributed by atoms with van der Waals surface area (Å²) in [4.78, 5) is 24.5. The normalized spacial score (nSPS) is 12.7. The number of aryl methyl sites for hydroxylation is 1. The van der Waals surface area contributed by atoms with Crippen LogP contribution in [0.2, 0.25) is 0 Å². The van der Waals surface area contributed by atoms with Crippen LogP contribution in [-0.4, -0.2) is 10.8 Å². The van der Waals surface area contributed by atoms with Crippen LogP contribution >= 0.6 is 27.3 Å². The molecule has 0 spiro atoms. The molecule has 8 nitrogen and oxygen atoms in total. The monoisotopic (exact) mass is 562 g/mol. The van der Waals surface area contributed by atoms with Crippen LogP contribution in [0.3, 0.4) is 0 Å². The molecule has 180 valence electrons. The van der Waals surface area contributed by atoms with E-state index in [1.165, 1.54) is 29.5 Å². The highest BCUT2D eigenvalue weighted by molar-refractivity contribution is 9.10. The quantitative estimate of drug-likeness (QED) is 0.156. The van der Waals surface area contributed by atoms with Crippen molar-refractivity contribution < 1.29 is 14.5 Å². The van der Waals surface area contributed by atoms with Crippen LogP contribution in [0, 0.1) is 32.8 Å². The third-order valence-corrected chi connectivity index (χ3v) is 7.39. The van der Waals surface area contributed by atoms with Crippen molar-refractivity contribution in [2.24, 2.45) is 0 Å². The standard InChI is InChI=1S/C26H19BrN4O4S/c27-19-7-10-23(35-15-16-5-8-20(9-6-16)31(33)34)17(12-19)11-18(13-28)25(32)30-26-22(14-29)21-3-1-2-4-24(21)36-26/h5-12H,1-4,15H2,(H,30,32)/b18-11+. The van der Waals surface area contributed by atoms with Crippen LogP contribution in [0.1, 0.15) is 40.0 Å².